The van der Waals surface area contributed by atoms with Gasteiger partial charge in [0.25, 0.3) is 0 Å². The predicted octanol–water partition coefficient (Wildman–Crippen LogP) is 3.91. The average molecular weight is 286 g/mol. The van der Waals surface area contributed by atoms with Crippen LogP contribution in [0, 0.1) is 0 Å². The molecule has 1 aliphatic heterocycles. The third-order valence-electron chi connectivity index (χ3n) is 3.86. The molecule has 1 amide bonds. The van der Waals surface area contributed by atoms with E-state index in [9.17, 15) is 4.79 Å². The lowest BCUT2D eigenvalue weighted by molar-refractivity contribution is -0.115. The Morgan fingerprint density at radius 2 is 1.64 bits per heavy atom. The fourth-order valence-corrected chi connectivity index (χ4v) is 2.80. The number of benzene rings is 2. The lowest BCUT2D eigenvalue weighted by Crippen LogP contribution is -2.12. The van der Waals surface area contributed by atoms with Gasteiger partial charge < -0.3 is 5.32 Å². The van der Waals surface area contributed by atoms with Crippen LogP contribution in [-0.2, 0) is 11.2 Å². The van der Waals surface area contributed by atoms with E-state index >= 15 is 0 Å². The summed E-state index contributed by atoms with van der Waals surface area (Å²) in [6.45, 7) is 0. The normalized spacial score (nSPS) is 12.8. The zero-order valence-electron chi connectivity index (χ0n) is 11.9. The van der Waals surface area contributed by atoms with E-state index in [0.29, 0.717) is 6.42 Å². The molecule has 0 fully saturated rings. The molecule has 0 aliphatic carbocycles. The maximum Gasteiger partial charge on any atom is 0.228 e. The lowest BCUT2D eigenvalue weighted by Gasteiger charge is -2.10. The molecule has 1 aromatic heterocycles. The summed E-state index contributed by atoms with van der Waals surface area (Å²) in [6, 6.07) is 21.9. The maximum atomic E-state index is 12.0. The van der Waals surface area contributed by atoms with Crippen molar-refractivity contribution in [3.63, 3.8) is 0 Å². The molecule has 0 radical (unpaired) electrons. The summed E-state index contributed by atoms with van der Waals surface area (Å²) >= 11 is 0. The summed E-state index contributed by atoms with van der Waals surface area (Å²) in [7, 11) is 0. The molecule has 0 atom stereocenters. The van der Waals surface area contributed by atoms with Gasteiger partial charge in [-0.05, 0) is 17.7 Å². The Hall–Kier alpha value is -2.94. The van der Waals surface area contributed by atoms with Crippen molar-refractivity contribution < 1.29 is 4.79 Å². The van der Waals surface area contributed by atoms with E-state index < -0.39 is 0 Å². The number of pyridine rings is 1. The van der Waals surface area contributed by atoms with Crippen LogP contribution in [0.5, 0.6) is 0 Å². The minimum absolute atomic E-state index is 0.000427. The van der Waals surface area contributed by atoms with Crippen LogP contribution in [0.15, 0.2) is 66.7 Å². The molecule has 2 heterocycles. The van der Waals surface area contributed by atoms with Gasteiger partial charge in [-0.1, -0.05) is 54.6 Å². The number of anilines is 1. The lowest BCUT2D eigenvalue weighted by atomic mass is 10.0. The molecule has 3 aromatic rings. The molecular weight excluding hydrogens is 272 g/mol. The SMILES string of the molecule is O=C1Cc2ccc(-c3ccccc3)nc2-c2ccccc2N1. The summed E-state index contributed by atoms with van der Waals surface area (Å²) in [4.78, 5) is 16.9. The number of hydrogen-bond acceptors (Lipinski definition) is 2. The van der Waals surface area contributed by atoms with Crippen LogP contribution in [0.25, 0.3) is 22.5 Å². The first kappa shape index (κ1) is 12.8. The number of amides is 1. The molecular formula is C19H14N2O. The highest BCUT2D eigenvalue weighted by Gasteiger charge is 2.19. The van der Waals surface area contributed by atoms with Crippen molar-refractivity contribution in [2.75, 3.05) is 5.32 Å². The Morgan fingerprint density at radius 1 is 0.864 bits per heavy atom. The van der Waals surface area contributed by atoms with Crippen molar-refractivity contribution in [3.8, 4) is 22.5 Å². The van der Waals surface area contributed by atoms with Crippen molar-refractivity contribution in [2.45, 2.75) is 6.42 Å². The highest BCUT2D eigenvalue weighted by molar-refractivity contribution is 6.00. The Labute approximate surface area is 128 Å². The monoisotopic (exact) mass is 286 g/mol. The highest BCUT2D eigenvalue weighted by Crippen LogP contribution is 2.33. The van der Waals surface area contributed by atoms with E-state index in [1.165, 1.54) is 0 Å². The summed E-state index contributed by atoms with van der Waals surface area (Å²) < 4.78 is 0. The van der Waals surface area contributed by atoms with Gasteiger partial charge in [0.2, 0.25) is 5.91 Å². The van der Waals surface area contributed by atoms with Crippen LogP contribution < -0.4 is 5.32 Å². The minimum Gasteiger partial charge on any atom is -0.325 e. The van der Waals surface area contributed by atoms with Crippen molar-refractivity contribution in [1.82, 2.24) is 4.98 Å². The number of carbonyl (C=O) groups excluding carboxylic acids is 1. The van der Waals surface area contributed by atoms with E-state index in [1.807, 2.05) is 66.7 Å². The van der Waals surface area contributed by atoms with E-state index in [0.717, 1.165) is 33.8 Å². The molecule has 106 valence electrons. The molecule has 0 spiro atoms. The van der Waals surface area contributed by atoms with Crippen LogP contribution in [0.2, 0.25) is 0 Å². The van der Waals surface area contributed by atoms with Crippen molar-refractivity contribution in [1.29, 1.82) is 0 Å². The molecule has 2 aromatic carbocycles. The predicted molar refractivity (Wildman–Crippen MR) is 87.4 cm³/mol. The molecule has 0 bridgehead atoms. The number of carbonyl (C=O) groups is 1. The molecule has 0 saturated carbocycles. The van der Waals surface area contributed by atoms with Gasteiger partial charge in [0.1, 0.15) is 0 Å². The number of rotatable bonds is 1. The second-order valence-electron chi connectivity index (χ2n) is 5.34. The van der Waals surface area contributed by atoms with Gasteiger partial charge in [-0.3, -0.25) is 4.79 Å². The smallest absolute Gasteiger partial charge is 0.228 e. The van der Waals surface area contributed by atoms with Gasteiger partial charge in [0, 0.05) is 11.1 Å². The fraction of sp³-hybridized carbons (Fsp3) is 0.0526. The van der Waals surface area contributed by atoms with Crippen molar-refractivity contribution >= 4 is 11.6 Å². The Morgan fingerprint density at radius 3 is 2.50 bits per heavy atom. The first-order valence-electron chi connectivity index (χ1n) is 7.26. The summed E-state index contributed by atoms with van der Waals surface area (Å²) in [5, 5.41) is 2.95. The maximum absolute atomic E-state index is 12.0. The summed E-state index contributed by atoms with van der Waals surface area (Å²) in [6.07, 6.45) is 0.353. The summed E-state index contributed by atoms with van der Waals surface area (Å²) in [5.74, 6) is 0.000427. The third-order valence-corrected chi connectivity index (χ3v) is 3.86. The van der Waals surface area contributed by atoms with E-state index in [4.69, 9.17) is 4.98 Å². The molecule has 0 saturated heterocycles. The van der Waals surface area contributed by atoms with Gasteiger partial charge in [0.05, 0.1) is 23.5 Å². The molecule has 3 nitrogen and oxygen atoms in total. The number of aromatic nitrogens is 1. The second kappa shape index (κ2) is 5.11. The van der Waals surface area contributed by atoms with Gasteiger partial charge in [0.15, 0.2) is 0 Å². The van der Waals surface area contributed by atoms with Crippen LogP contribution in [0.3, 0.4) is 0 Å². The molecule has 22 heavy (non-hydrogen) atoms. The number of fused-ring (bicyclic) bond motifs is 3. The first-order valence-corrected chi connectivity index (χ1v) is 7.26. The molecule has 1 N–H and O–H groups in total. The number of hydrogen-bond donors (Lipinski definition) is 1. The standard InChI is InChI=1S/C19H14N2O/c22-18-12-14-10-11-16(13-6-2-1-3-7-13)21-19(14)15-8-4-5-9-17(15)20-18/h1-11H,12H2,(H,20,22). The zero-order valence-corrected chi connectivity index (χ0v) is 11.9. The molecule has 0 unspecified atom stereocenters. The number of nitrogens with one attached hydrogen (secondary N) is 1. The quantitative estimate of drug-likeness (QED) is 0.737. The largest absolute Gasteiger partial charge is 0.325 e. The first-order chi connectivity index (χ1) is 10.8. The van der Waals surface area contributed by atoms with E-state index in [2.05, 4.69) is 5.32 Å². The summed E-state index contributed by atoms with van der Waals surface area (Å²) in [5.41, 5.74) is 5.64. The fourth-order valence-electron chi connectivity index (χ4n) is 2.80. The van der Waals surface area contributed by atoms with E-state index in [1.54, 1.807) is 0 Å². The third kappa shape index (κ3) is 2.17. The zero-order chi connectivity index (χ0) is 14.9. The Balaban J connectivity index is 1.93. The van der Waals surface area contributed by atoms with Gasteiger partial charge >= 0.3 is 0 Å². The number of para-hydroxylation sites is 1. The molecule has 1 aliphatic rings. The van der Waals surface area contributed by atoms with Gasteiger partial charge in [-0.25, -0.2) is 4.98 Å². The number of nitrogens with zero attached hydrogens (tertiary/aromatic N) is 1. The van der Waals surface area contributed by atoms with Crippen LogP contribution in [0.1, 0.15) is 5.56 Å². The molecule has 3 heteroatoms. The highest BCUT2D eigenvalue weighted by atomic mass is 16.1. The van der Waals surface area contributed by atoms with Gasteiger partial charge in [-0.2, -0.15) is 0 Å². The Kier molecular flexibility index (Phi) is 2.97. The topological polar surface area (TPSA) is 42.0 Å². The van der Waals surface area contributed by atoms with Crippen LogP contribution in [0.4, 0.5) is 5.69 Å². The Bertz CT molecular complexity index is 856. The van der Waals surface area contributed by atoms with Gasteiger partial charge in [-0.15, -0.1) is 0 Å². The van der Waals surface area contributed by atoms with E-state index in [-0.39, 0.29) is 5.91 Å². The van der Waals surface area contributed by atoms with Crippen LogP contribution >= 0.6 is 0 Å². The second-order valence-corrected chi connectivity index (χ2v) is 5.34. The van der Waals surface area contributed by atoms with Crippen LogP contribution in [-0.4, -0.2) is 10.9 Å². The van der Waals surface area contributed by atoms with Crippen molar-refractivity contribution in [3.05, 3.63) is 72.3 Å². The molecule has 4 rings (SSSR count). The average Bonchev–Trinajstić information content (AvgIpc) is 2.70. The van der Waals surface area contributed by atoms with Crippen molar-refractivity contribution in [2.24, 2.45) is 0 Å². The minimum atomic E-state index is 0.000427.